The number of carbonyl (C=O) groups excluding carboxylic acids is 1. The Morgan fingerprint density at radius 1 is 1.62 bits per heavy atom. The van der Waals surface area contributed by atoms with Crippen molar-refractivity contribution < 1.29 is 9.53 Å². The molecular formula is C9H16ClNO2. The van der Waals surface area contributed by atoms with Gasteiger partial charge in [-0.3, -0.25) is 9.69 Å². The standard InChI is InChI=1S/C9H16ClNO2/c1-8(2)11(6-4-5-10)7-9(12)13-3/h4-5,8H,6-7H2,1-3H3. The molecule has 0 heterocycles. The van der Waals surface area contributed by atoms with E-state index in [-0.39, 0.29) is 5.97 Å². The van der Waals surface area contributed by atoms with Gasteiger partial charge in [0.25, 0.3) is 0 Å². The fourth-order valence-electron chi connectivity index (χ4n) is 0.864. The molecule has 0 saturated heterocycles. The van der Waals surface area contributed by atoms with Crippen LogP contribution in [-0.2, 0) is 9.53 Å². The molecule has 76 valence electrons. The third kappa shape index (κ3) is 5.66. The summed E-state index contributed by atoms with van der Waals surface area (Å²) < 4.78 is 4.57. The molecule has 0 aromatic carbocycles. The molecule has 0 saturated carbocycles. The highest BCUT2D eigenvalue weighted by Crippen LogP contribution is 1.98. The summed E-state index contributed by atoms with van der Waals surface area (Å²) >= 11 is 5.40. The third-order valence-corrected chi connectivity index (χ3v) is 1.90. The van der Waals surface area contributed by atoms with Crippen LogP contribution < -0.4 is 0 Å². The van der Waals surface area contributed by atoms with E-state index in [4.69, 9.17) is 11.6 Å². The molecule has 0 bridgehead atoms. The van der Waals surface area contributed by atoms with Crippen molar-refractivity contribution in [2.24, 2.45) is 0 Å². The minimum Gasteiger partial charge on any atom is -0.468 e. The van der Waals surface area contributed by atoms with Crippen molar-refractivity contribution >= 4 is 17.6 Å². The summed E-state index contributed by atoms with van der Waals surface area (Å²) in [5, 5.41) is 0. The second kappa shape index (κ2) is 6.92. The maximum atomic E-state index is 11.0. The summed E-state index contributed by atoms with van der Waals surface area (Å²) in [4.78, 5) is 12.9. The van der Waals surface area contributed by atoms with Crippen LogP contribution in [0.1, 0.15) is 13.8 Å². The Kier molecular flexibility index (Phi) is 6.63. The van der Waals surface area contributed by atoms with E-state index in [9.17, 15) is 4.79 Å². The fourth-order valence-corrected chi connectivity index (χ4v) is 0.943. The largest absolute Gasteiger partial charge is 0.468 e. The van der Waals surface area contributed by atoms with Gasteiger partial charge in [-0.25, -0.2) is 0 Å². The first-order chi connectivity index (χ1) is 6.11. The highest BCUT2D eigenvalue weighted by atomic mass is 35.5. The maximum absolute atomic E-state index is 11.0. The molecule has 0 aromatic heterocycles. The smallest absolute Gasteiger partial charge is 0.319 e. The SMILES string of the molecule is COC(=O)CN(CC=CCl)C(C)C. The molecule has 0 amide bonds. The van der Waals surface area contributed by atoms with Crippen LogP contribution in [0.2, 0.25) is 0 Å². The molecular weight excluding hydrogens is 190 g/mol. The lowest BCUT2D eigenvalue weighted by molar-refractivity contribution is -0.142. The minimum absolute atomic E-state index is 0.225. The number of esters is 1. The van der Waals surface area contributed by atoms with E-state index in [1.807, 2.05) is 18.7 Å². The van der Waals surface area contributed by atoms with Crippen LogP contribution in [0.5, 0.6) is 0 Å². The van der Waals surface area contributed by atoms with E-state index >= 15 is 0 Å². The molecule has 0 N–H and O–H groups in total. The minimum atomic E-state index is -0.225. The number of halogens is 1. The Hall–Kier alpha value is -0.540. The maximum Gasteiger partial charge on any atom is 0.319 e. The molecule has 0 aliphatic carbocycles. The first-order valence-corrected chi connectivity index (χ1v) is 4.61. The molecule has 0 atom stereocenters. The van der Waals surface area contributed by atoms with E-state index in [0.717, 1.165) is 0 Å². The van der Waals surface area contributed by atoms with Gasteiger partial charge in [0, 0.05) is 18.1 Å². The molecule has 0 aliphatic heterocycles. The van der Waals surface area contributed by atoms with Crippen molar-refractivity contribution in [1.82, 2.24) is 4.90 Å². The monoisotopic (exact) mass is 205 g/mol. The summed E-state index contributed by atoms with van der Waals surface area (Å²) in [6.07, 6.45) is 1.80. The summed E-state index contributed by atoms with van der Waals surface area (Å²) in [5.74, 6) is -0.225. The van der Waals surface area contributed by atoms with Gasteiger partial charge in [-0.15, -0.1) is 0 Å². The van der Waals surface area contributed by atoms with Crippen LogP contribution in [0.4, 0.5) is 0 Å². The van der Waals surface area contributed by atoms with Crippen molar-refractivity contribution in [3.8, 4) is 0 Å². The first kappa shape index (κ1) is 12.5. The number of methoxy groups -OCH3 is 1. The predicted octanol–water partition coefficient (Wildman–Crippen LogP) is 1.62. The van der Waals surface area contributed by atoms with Gasteiger partial charge in [0.05, 0.1) is 13.7 Å². The Morgan fingerprint density at radius 2 is 2.23 bits per heavy atom. The van der Waals surface area contributed by atoms with Gasteiger partial charge in [0.2, 0.25) is 0 Å². The first-order valence-electron chi connectivity index (χ1n) is 4.18. The van der Waals surface area contributed by atoms with Crippen molar-refractivity contribution in [3.05, 3.63) is 11.6 Å². The number of hydrogen-bond donors (Lipinski definition) is 0. The van der Waals surface area contributed by atoms with Crippen LogP contribution in [0, 0.1) is 0 Å². The van der Waals surface area contributed by atoms with E-state index in [0.29, 0.717) is 19.1 Å². The zero-order valence-corrected chi connectivity index (χ0v) is 9.04. The van der Waals surface area contributed by atoms with E-state index in [2.05, 4.69) is 4.74 Å². The molecule has 0 aliphatic rings. The number of ether oxygens (including phenoxy) is 1. The zero-order chi connectivity index (χ0) is 10.3. The molecule has 3 nitrogen and oxygen atoms in total. The van der Waals surface area contributed by atoms with Crippen LogP contribution in [0.15, 0.2) is 11.6 Å². The summed E-state index contributed by atoms with van der Waals surface area (Å²) in [5.41, 5.74) is 1.45. The highest BCUT2D eigenvalue weighted by molar-refractivity contribution is 6.25. The predicted molar refractivity (Wildman–Crippen MR) is 53.7 cm³/mol. The van der Waals surface area contributed by atoms with E-state index < -0.39 is 0 Å². The van der Waals surface area contributed by atoms with Gasteiger partial charge in [-0.05, 0) is 13.8 Å². The van der Waals surface area contributed by atoms with Gasteiger partial charge in [0.15, 0.2) is 0 Å². The fraction of sp³-hybridized carbons (Fsp3) is 0.667. The molecule has 0 aromatic rings. The second-order valence-corrected chi connectivity index (χ2v) is 3.21. The van der Waals surface area contributed by atoms with Crippen LogP contribution in [-0.4, -0.2) is 37.1 Å². The van der Waals surface area contributed by atoms with E-state index in [1.54, 1.807) is 6.08 Å². The molecule has 0 spiro atoms. The summed E-state index contributed by atoms with van der Waals surface area (Å²) in [7, 11) is 1.39. The lowest BCUT2D eigenvalue weighted by Crippen LogP contribution is -2.36. The average molecular weight is 206 g/mol. The molecule has 0 radical (unpaired) electrons. The lowest BCUT2D eigenvalue weighted by atomic mass is 10.3. The molecule has 0 rings (SSSR count). The highest BCUT2D eigenvalue weighted by Gasteiger charge is 2.12. The average Bonchev–Trinajstić information content (AvgIpc) is 2.11. The van der Waals surface area contributed by atoms with E-state index in [1.165, 1.54) is 12.6 Å². The van der Waals surface area contributed by atoms with Crippen molar-refractivity contribution in [1.29, 1.82) is 0 Å². The van der Waals surface area contributed by atoms with Crippen molar-refractivity contribution in [2.75, 3.05) is 20.2 Å². The van der Waals surface area contributed by atoms with Gasteiger partial charge in [-0.1, -0.05) is 17.7 Å². The Balaban J connectivity index is 4.01. The number of carbonyl (C=O) groups is 1. The number of nitrogens with zero attached hydrogens (tertiary/aromatic N) is 1. The normalized spacial score (nSPS) is 11.5. The zero-order valence-electron chi connectivity index (χ0n) is 8.29. The second-order valence-electron chi connectivity index (χ2n) is 2.96. The van der Waals surface area contributed by atoms with Gasteiger partial charge in [-0.2, -0.15) is 0 Å². The Labute approximate surface area is 84.3 Å². The Morgan fingerprint density at radius 3 is 2.62 bits per heavy atom. The van der Waals surface area contributed by atoms with Gasteiger partial charge < -0.3 is 4.74 Å². The summed E-state index contributed by atoms with van der Waals surface area (Å²) in [6.45, 7) is 5.00. The van der Waals surface area contributed by atoms with Gasteiger partial charge in [0.1, 0.15) is 0 Å². The molecule has 4 heteroatoms. The van der Waals surface area contributed by atoms with Crippen LogP contribution >= 0.6 is 11.6 Å². The van der Waals surface area contributed by atoms with Crippen LogP contribution in [0.3, 0.4) is 0 Å². The van der Waals surface area contributed by atoms with Crippen LogP contribution in [0.25, 0.3) is 0 Å². The third-order valence-electron chi connectivity index (χ3n) is 1.72. The molecule has 0 fully saturated rings. The van der Waals surface area contributed by atoms with Crippen molar-refractivity contribution in [2.45, 2.75) is 19.9 Å². The Bertz CT molecular complexity index is 180. The lowest BCUT2D eigenvalue weighted by Gasteiger charge is -2.23. The topological polar surface area (TPSA) is 29.5 Å². The summed E-state index contributed by atoms with van der Waals surface area (Å²) in [6, 6.07) is 0.298. The molecule has 0 unspecified atom stereocenters. The van der Waals surface area contributed by atoms with Crippen molar-refractivity contribution in [3.63, 3.8) is 0 Å². The van der Waals surface area contributed by atoms with Gasteiger partial charge >= 0.3 is 5.97 Å². The molecule has 13 heavy (non-hydrogen) atoms. The quantitative estimate of drug-likeness (QED) is 0.639. The number of rotatable bonds is 5. The number of hydrogen-bond acceptors (Lipinski definition) is 3.